The fraction of sp³-hybridized carbons (Fsp3) is 0.250. The average molecular weight is 296 g/mol. The summed E-state index contributed by atoms with van der Waals surface area (Å²) in [7, 11) is 0. The minimum atomic E-state index is 0.672. The molecule has 21 heavy (non-hydrogen) atoms. The maximum Gasteiger partial charge on any atom is 0.123 e. The highest BCUT2D eigenvalue weighted by molar-refractivity contribution is 7.13. The van der Waals surface area contributed by atoms with E-state index in [1.807, 2.05) is 24.1 Å². The van der Waals surface area contributed by atoms with Crippen LogP contribution in [0.2, 0.25) is 0 Å². The summed E-state index contributed by atoms with van der Waals surface area (Å²) in [6.07, 6.45) is 8.30. The molecule has 3 aromatic rings. The molecule has 1 aliphatic carbocycles. The summed E-state index contributed by atoms with van der Waals surface area (Å²) in [5.41, 5.74) is 3.52. The summed E-state index contributed by atoms with van der Waals surface area (Å²) < 4.78 is 2.29. The van der Waals surface area contributed by atoms with Crippen molar-refractivity contribution in [3.05, 3.63) is 54.1 Å². The summed E-state index contributed by atoms with van der Waals surface area (Å²) in [5, 5.41) is 6.55. The van der Waals surface area contributed by atoms with Gasteiger partial charge in [-0.1, -0.05) is 12.1 Å². The lowest BCUT2D eigenvalue weighted by atomic mass is 10.2. The first-order valence-electron chi connectivity index (χ1n) is 7.15. The number of nitrogens with zero attached hydrogens (tertiary/aromatic N) is 3. The van der Waals surface area contributed by atoms with E-state index in [1.54, 1.807) is 11.3 Å². The van der Waals surface area contributed by atoms with Gasteiger partial charge in [0.2, 0.25) is 0 Å². The van der Waals surface area contributed by atoms with Crippen molar-refractivity contribution in [3.63, 3.8) is 0 Å². The highest BCUT2D eigenvalue weighted by Crippen LogP contribution is 2.35. The van der Waals surface area contributed by atoms with Gasteiger partial charge in [-0.15, -0.1) is 11.3 Å². The Hall–Kier alpha value is -2.14. The molecule has 0 unspecified atom stereocenters. The molecule has 2 aromatic heterocycles. The van der Waals surface area contributed by atoms with Crippen LogP contribution in [0.15, 0.2) is 48.4 Å². The van der Waals surface area contributed by atoms with E-state index in [1.165, 1.54) is 18.5 Å². The van der Waals surface area contributed by atoms with E-state index in [0.29, 0.717) is 6.04 Å². The van der Waals surface area contributed by atoms with Crippen molar-refractivity contribution in [1.29, 1.82) is 0 Å². The van der Waals surface area contributed by atoms with Gasteiger partial charge < -0.3 is 9.88 Å². The Bertz CT molecular complexity index is 728. The third-order valence-corrected chi connectivity index (χ3v) is 4.52. The molecule has 1 fully saturated rings. The Labute approximate surface area is 127 Å². The van der Waals surface area contributed by atoms with Crippen molar-refractivity contribution >= 4 is 17.0 Å². The summed E-state index contributed by atoms with van der Waals surface area (Å²) >= 11 is 1.66. The van der Waals surface area contributed by atoms with Gasteiger partial charge in [-0.2, -0.15) is 0 Å². The van der Waals surface area contributed by atoms with Crippen molar-refractivity contribution in [3.8, 4) is 10.6 Å². The molecule has 0 atom stereocenters. The van der Waals surface area contributed by atoms with Gasteiger partial charge in [-0.3, -0.25) is 0 Å². The average Bonchev–Trinajstić information content (AvgIpc) is 3.04. The molecule has 106 valence electrons. The van der Waals surface area contributed by atoms with Crippen LogP contribution in [0.4, 0.5) is 5.69 Å². The molecule has 1 aromatic carbocycles. The Morgan fingerprint density at radius 2 is 2.29 bits per heavy atom. The van der Waals surface area contributed by atoms with Crippen LogP contribution in [0.5, 0.6) is 0 Å². The zero-order chi connectivity index (χ0) is 14.1. The molecule has 1 N–H and O–H groups in total. The van der Waals surface area contributed by atoms with Crippen molar-refractivity contribution in [2.45, 2.75) is 25.4 Å². The smallest absolute Gasteiger partial charge is 0.123 e. The van der Waals surface area contributed by atoms with E-state index in [9.17, 15) is 0 Å². The first kappa shape index (κ1) is 12.6. The van der Waals surface area contributed by atoms with Gasteiger partial charge in [-0.05, 0) is 25.0 Å². The van der Waals surface area contributed by atoms with E-state index in [4.69, 9.17) is 0 Å². The standard InChI is InChI=1S/C16H16N4S/c1-2-12(16-18-6-7-21-16)8-13(3-1)19-10-15-9-17-11-20(15)14-4-5-14/h1-3,6-9,11,14,19H,4-5,10H2. The van der Waals surface area contributed by atoms with Gasteiger partial charge in [0, 0.05) is 35.1 Å². The summed E-state index contributed by atoms with van der Waals surface area (Å²) in [4.78, 5) is 8.63. The highest BCUT2D eigenvalue weighted by atomic mass is 32.1. The second-order valence-corrected chi connectivity index (χ2v) is 6.19. The molecular formula is C16H16N4S. The summed E-state index contributed by atoms with van der Waals surface area (Å²) in [5.74, 6) is 0. The van der Waals surface area contributed by atoms with Crippen molar-refractivity contribution < 1.29 is 0 Å². The fourth-order valence-electron chi connectivity index (χ4n) is 2.47. The van der Waals surface area contributed by atoms with Gasteiger partial charge in [0.15, 0.2) is 0 Å². The lowest BCUT2D eigenvalue weighted by Gasteiger charge is -2.10. The van der Waals surface area contributed by atoms with Crippen molar-refractivity contribution in [2.75, 3.05) is 5.32 Å². The number of rotatable bonds is 5. The van der Waals surface area contributed by atoms with Crippen LogP contribution in [0, 0.1) is 0 Å². The number of anilines is 1. The zero-order valence-corrected chi connectivity index (χ0v) is 12.4. The van der Waals surface area contributed by atoms with Crippen molar-refractivity contribution in [2.24, 2.45) is 0 Å². The van der Waals surface area contributed by atoms with E-state index in [0.717, 1.165) is 22.8 Å². The third kappa shape index (κ3) is 2.69. The van der Waals surface area contributed by atoms with Crippen LogP contribution in [0.25, 0.3) is 10.6 Å². The van der Waals surface area contributed by atoms with Gasteiger partial charge in [0.05, 0.1) is 18.6 Å². The maximum atomic E-state index is 4.36. The van der Waals surface area contributed by atoms with E-state index in [2.05, 4.69) is 44.1 Å². The number of hydrogen-bond donors (Lipinski definition) is 1. The van der Waals surface area contributed by atoms with Crippen LogP contribution in [0.3, 0.4) is 0 Å². The second kappa shape index (κ2) is 5.33. The number of aromatic nitrogens is 3. The largest absolute Gasteiger partial charge is 0.379 e. The number of benzene rings is 1. The predicted molar refractivity (Wildman–Crippen MR) is 85.4 cm³/mol. The molecule has 0 radical (unpaired) electrons. The molecule has 0 amide bonds. The molecule has 5 heteroatoms. The maximum absolute atomic E-state index is 4.36. The molecule has 0 saturated heterocycles. The highest BCUT2D eigenvalue weighted by Gasteiger charge is 2.24. The quantitative estimate of drug-likeness (QED) is 0.775. The van der Waals surface area contributed by atoms with Crippen LogP contribution in [-0.2, 0) is 6.54 Å². The van der Waals surface area contributed by atoms with Crippen LogP contribution in [-0.4, -0.2) is 14.5 Å². The topological polar surface area (TPSA) is 42.7 Å². The van der Waals surface area contributed by atoms with Gasteiger partial charge in [0.1, 0.15) is 5.01 Å². The summed E-state index contributed by atoms with van der Waals surface area (Å²) in [6, 6.07) is 9.08. The first-order chi connectivity index (χ1) is 10.4. The monoisotopic (exact) mass is 296 g/mol. The molecular weight excluding hydrogens is 280 g/mol. The van der Waals surface area contributed by atoms with Gasteiger partial charge in [0.25, 0.3) is 0 Å². The number of thiazole rings is 1. The Morgan fingerprint density at radius 3 is 3.10 bits per heavy atom. The Balaban J connectivity index is 1.49. The SMILES string of the molecule is c1cc(NCc2cncn2C2CC2)cc(-c2nccs2)c1. The number of imidazole rings is 1. The molecule has 4 nitrogen and oxygen atoms in total. The molecule has 2 heterocycles. The lowest BCUT2D eigenvalue weighted by Crippen LogP contribution is -2.05. The summed E-state index contributed by atoms with van der Waals surface area (Å²) in [6.45, 7) is 0.803. The number of hydrogen-bond acceptors (Lipinski definition) is 4. The van der Waals surface area contributed by atoms with Crippen LogP contribution in [0.1, 0.15) is 24.6 Å². The normalized spacial score (nSPS) is 14.3. The van der Waals surface area contributed by atoms with E-state index >= 15 is 0 Å². The van der Waals surface area contributed by atoms with Gasteiger partial charge >= 0.3 is 0 Å². The molecule has 0 spiro atoms. The molecule has 1 aliphatic rings. The number of nitrogens with one attached hydrogen (secondary N) is 1. The molecule has 0 aliphatic heterocycles. The Kier molecular flexibility index (Phi) is 3.20. The zero-order valence-electron chi connectivity index (χ0n) is 11.6. The fourth-order valence-corrected chi connectivity index (χ4v) is 3.11. The Morgan fingerprint density at radius 1 is 1.33 bits per heavy atom. The third-order valence-electron chi connectivity index (χ3n) is 3.70. The van der Waals surface area contributed by atoms with Crippen LogP contribution >= 0.6 is 11.3 Å². The molecule has 0 bridgehead atoms. The predicted octanol–water partition coefficient (Wildman–Crippen LogP) is 3.95. The van der Waals surface area contributed by atoms with Crippen molar-refractivity contribution in [1.82, 2.24) is 14.5 Å². The minimum Gasteiger partial charge on any atom is -0.379 e. The minimum absolute atomic E-state index is 0.672. The van der Waals surface area contributed by atoms with E-state index < -0.39 is 0 Å². The van der Waals surface area contributed by atoms with E-state index in [-0.39, 0.29) is 0 Å². The first-order valence-corrected chi connectivity index (χ1v) is 8.02. The second-order valence-electron chi connectivity index (χ2n) is 5.30. The molecule has 4 rings (SSSR count). The van der Waals surface area contributed by atoms with Crippen LogP contribution < -0.4 is 5.32 Å². The van der Waals surface area contributed by atoms with Gasteiger partial charge in [-0.25, -0.2) is 9.97 Å². The lowest BCUT2D eigenvalue weighted by molar-refractivity contribution is 0.701. The molecule has 1 saturated carbocycles.